The van der Waals surface area contributed by atoms with Gasteiger partial charge in [0.15, 0.2) is 0 Å². The van der Waals surface area contributed by atoms with E-state index in [9.17, 15) is 13.6 Å². The molecule has 0 saturated carbocycles. The summed E-state index contributed by atoms with van der Waals surface area (Å²) in [6.07, 6.45) is 3.92. The van der Waals surface area contributed by atoms with Gasteiger partial charge in [-0.2, -0.15) is 9.97 Å². The number of nitrogens with two attached hydrogens (primary N) is 1. The van der Waals surface area contributed by atoms with Gasteiger partial charge in [-0.1, -0.05) is 24.2 Å². The van der Waals surface area contributed by atoms with E-state index in [0.717, 1.165) is 30.7 Å². The SMILES string of the molecule is [C-]#[N+]c1c(N)sc2c(F)ccc(-c3ncc4c(OC5CCN(C(=O)C=C)C5COC)nc(OCC56CCCN5CC(F)C6)nc4c3Cl)c12. The van der Waals surface area contributed by atoms with E-state index in [-0.39, 0.29) is 62.6 Å². The molecule has 3 saturated heterocycles. The van der Waals surface area contributed by atoms with Crippen LogP contribution >= 0.6 is 22.9 Å². The van der Waals surface area contributed by atoms with Crippen molar-refractivity contribution in [3.05, 3.63) is 53.2 Å². The Morgan fingerprint density at radius 1 is 1.35 bits per heavy atom. The molecule has 6 heterocycles. The maximum Gasteiger partial charge on any atom is 0.320 e. The summed E-state index contributed by atoms with van der Waals surface area (Å²) in [7, 11) is 1.55. The predicted molar refractivity (Wildman–Crippen MR) is 179 cm³/mol. The summed E-state index contributed by atoms with van der Waals surface area (Å²) < 4.78 is 47.8. The summed E-state index contributed by atoms with van der Waals surface area (Å²) in [5, 5.41) is 0.975. The number of carbonyl (C=O) groups excluding carboxylic acids is 1. The quantitative estimate of drug-likeness (QED) is 0.167. The lowest BCUT2D eigenvalue weighted by Gasteiger charge is -2.31. The third-order valence-electron chi connectivity index (χ3n) is 9.56. The highest BCUT2D eigenvalue weighted by molar-refractivity contribution is 7.23. The summed E-state index contributed by atoms with van der Waals surface area (Å²) in [5.74, 6) is -0.619. The molecule has 3 fully saturated rings. The van der Waals surface area contributed by atoms with Gasteiger partial charge in [0.2, 0.25) is 17.5 Å². The predicted octanol–water partition coefficient (Wildman–Crippen LogP) is 5.97. The molecule has 0 bridgehead atoms. The normalized spacial score (nSPS) is 23.9. The number of pyridine rings is 1. The molecule has 15 heteroatoms. The molecule has 3 aromatic heterocycles. The van der Waals surface area contributed by atoms with Crippen LogP contribution in [0.1, 0.15) is 25.7 Å². The molecule has 7 rings (SSSR count). The van der Waals surface area contributed by atoms with Crippen LogP contribution in [0.15, 0.2) is 31.0 Å². The van der Waals surface area contributed by atoms with E-state index in [0.29, 0.717) is 42.3 Å². The van der Waals surface area contributed by atoms with Gasteiger partial charge >= 0.3 is 6.01 Å². The minimum atomic E-state index is -0.936. The zero-order valence-corrected chi connectivity index (χ0v) is 27.6. The summed E-state index contributed by atoms with van der Waals surface area (Å²) in [6.45, 7) is 13.3. The molecule has 4 unspecified atom stereocenters. The van der Waals surface area contributed by atoms with Crippen molar-refractivity contribution >= 4 is 60.5 Å². The molecular formula is C33H32ClF2N7O4S. The number of ether oxygens (including phenoxy) is 3. The standard InChI is InChI=1S/C33H32ClF2N7O4S/c1-4-23(44)43-11-8-22(21(43)15-45-3)47-31-19-13-39-26(18-6-7-20(36)29-24(18)28(38-2)30(37)48-29)25(34)27(19)40-32(41-31)46-16-33-9-5-10-42(33)14-17(35)12-33/h4,6-7,13,17,21-22H,1,5,8-12,14-16,37H2,3H3. The van der Waals surface area contributed by atoms with Crippen molar-refractivity contribution in [3.63, 3.8) is 0 Å². The Balaban J connectivity index is 1.33. The number of halogens is 3. The van der Waals surface area contributed by atoms with Crippen molar-refractivity contribution in [2.24, 2.45) is 0 Å². The Hall–Kier alpha value is -4.16. The first-order chi connectivity index (χ1) is 23.2. The minimum absolute atomic E-state index is 0.0220. The second kappa shape index (κ2) is 12.7. The van der Waals surface area contributed by atoms with Gasteiger partial charge in [-0.3, -0.25) is 14.7 Å². The lowest BCUT2D eigenvalue weighted by molar-refractivity contribution is -0.128. The highest BCUT2D eigenvalue weighted by Gasteiger charge is 2.49. The maximum atomic E-state index is 14.9. The first-order valence-corrected chi connectivity index (χ1v) is 16.7. The van der Waals surface area contributed by atoms with E-state index >= 15 is 0 Å². The number of amides is 1. The van der Waals surface area contributed by atoms with Crippen molar-refractivity contribution in [1.82, 2.24) is 24.8 Å². The van der Waals surface area contributed by atoms with Crippen LogP contribution in [0.5, 0.6) is 11.9 Å². The number of fused-ring (bicyclic) bond motifs is 3. The summed E-state index contributed by atoms with van der Waals surface area (Å²) >= 11 is 8.05. The van der Waals surface area contributed by atoms with Crippen LogP contribution in [0.3, 0.4) is 0 Å². The van der Waals surface area contributed by atoms with Crippen molar-refractivity contribution in [2.75, 3.05) is 45.7 Å². The van der Waals surface area contributed by atoms with Crippen LogP contribution in [-0.4, -0.2) is 94.5 Å². The smallest absolute Gasteiger partial charge is 0.320 e. The molecule has 3 aliphatic rings. The molecule has 4 atom stereocenters. The second-order valence-corrected chi connectivity index (χ2v) is 13.7. The first kappa shape index (κ1) is 32.4. The minimum Gasteiger partial charge on any atom is -0.471 e. The molecule has 11 nitrogen and oxygen atoms in total. The number of methoxy groups -OCH3 is 1. The number of aromatic nitrogens is 3. The van der Waals surface area contributed by atoms with Gasteiger partial charge < -0.3 is 24.8 Å². The van der Waals surface area contributed by atoms with Crippen LogP contribution in [0.2, 0.25) is 5.02 Å². The largest absolute Gasteiger partial charge is 0.471 e. The zero-order chi connectivity index (χ0) is 33.7. The van der Waals surface area contributed by atoms with Gasteiger partial charge in [0.25, 0.3) is 0 Å². The Kier molecular flexibility index (Phi) is 8.57. The van der Waals surface area contributed by atoms with Gasteiger partial charge in [-0.25, -0.2) is 13.6 Å². The average Bonchev–Trinajstić information content (AvgIpc) is 3.82. The van der Waals surface area contributed by atoms with Crippen molar-refractivity contribution in [1.29, 1.82) is 0 Å². The van der Waals surface area contributed by atoms with Crippen LogP contribution in [0.4, 0.5) is 19.5 Å². The molecule has 4 aromatic rings. The van der Waals surface area contributed by atoms with Crippen LogP contribution < -0.4 is 15.2 Å². The van der Waals surface area contributed by atoms with Gasteiger partial charge in [0.1, 0.15) is 30.2 Å². The molecule has 0 aliphatic carbocycles. The highest BCUT2D eigenvalue weighted by atomic mass is 35.5. The number of alkyl halides is 1. The number of benzene rings is 1. The Bertz CT molecular complexity index is 1990. The summed E-state index contributed by atoms with van der Waals surface area (Å²) in [4.78, 5) is 33.9. The van der Waals surface area contributed by atoms with Crippen molar-refractivity contribution in [3.8, 4) is 23.1 Å². The summed E-state index contributed by atoms with van der Waals surface area (Å²) in [5.41, 5.74) is 6.67. The number of rotatable bonds is 9. The highest BCUT2D eigenvalue weighted by Crippen LogP contribution is 2.48. The van der Waals surface area contributed by atoms with Crippen LogP contribution in [0, 0.1) is 12.4 Å². The maximum absolute atomic E-state index is 14.9. The topological polar surface area (TPSA) is 120 Å². The molecule has 2 N–H and O–H groups in total. The Morgan fingerprint density at radius 3 is 2.96 bits per heavy atom. The fourth-order valence-corrected chi connectivity index (χ4v) is 8.58. The van der Waals surface area contributed by atoms with Gasteiger partial charge in [-0.05, 0) is 31.5 Å². The van der Waals surface area contributed by atoms with Gasteiger partial charge in [-0.15, -0.1) is 11.3 Å². The fourth-order valence-electron chi connectivity index (χ4n) is 7.35. The molecule has 1 aromatic carbocycles. The monoisotopic (exact) mass is 695 g/mol. The second-order valence-electron chi connectivity index (χ2n) is 12.3. The number of carbonyl (C=O) groups is 1. The van der Waals surface area contributed by atoms with Crippen molar-refractivity contribution in [2.45, 2.75) is 49.5 Å². The number of nitrogen functional groups attached to an aromatic ring is 1. The molecule has 3 aliphatic heterocycles. The number of nitrogens with zero attached hydrogens (tertiary/aromatic N) is 6. The van der Waals surface area contributed by atoms with E-state index in [1.54, 1.807) is 12.0 Å². The molecule has 1 amide bonds. The van der Waals surface area contributed by atoms with E-state index in [1.807, 2.05) is 0 Å². The molecule has 0 radical (unpaired) electrons. The van der Waals surface area contributed by atoms with E-state index in [1.165, 1.54) is 24.4 Å². The average molecular weight is 696 g/mol. The molecule has 0 spiro atoms. The lowest BCUT2D eigenvalue weighted by atomic mass is 9.95. The summed E-state index contributed by atoms with van der Waals surface area (Å²) in [6, 6.07) is 2.35. The van der Waals surface area contributed by atoms with Crippen LogP contribution in [-0.2, 0) is 9.53 Å². The number of thiophene rings is 1. The number of anilines is 1. The number of likely N-dealkylation sites (tertiary alicyclic amines) is 1. The third-order valence-corrected chi connectivity index (χ3v) is 10.9. The van der Waals surface area contributed by atoms with E-state index in [2.05, 4.69) is 31.3 Å². The zero-order valence-electron chi connectivity index (χ0n) is 26.0. The molecule has 250 valence electrons. The molecular weight excluding hydrogens is 664 g/mol. The number of hydrogen-bond acceptors (Lipinski definition) is 10. The van der Waals surface area contributed by atoms with E-state index < -0.39 is 29.7 Å². The Morgan fingerprint density at radius 2 is 2.19 bits per heavy atom. The lowest BCUT2D eigenvalue weighted by Crippen LogP contribution is -2.44. The molecule has 48 heavy (non-hydrogen) atoms. The third kappa shape index (κ3) is 5.38. The van der Waals surface area contributed by atoms with Gasteiger partial charge in [0, 0.05) is 50.2 Å². The van der Waals surface area contributed by atoms with Gasteiger partial charge in [0.05, 0.1) is 50.6 Å². The number of hydrogen-bond donors (Lipinski definition) is 1. The van der Waals surface area contributed by atoms with Crippen molar-refractivity contribution < 1.29 is 27.8 Å². The van der Waals surface area contributed by atoms with Crippen LogP contribution in [0.25, 0.3) is 37.1 Å². The Labute approximate surface area is 284 Å². The fraction of sp³-hybridized carbons (Fsp3) is 0.424. The first-order valence-electron chi connectivity index (χ1n) is 15.5. The van der Waals surface area contributed by atoms with E-state index in [4.69, 9.17) is 38.1 Å².